The summed E-state index contributed by atoms with van der Waals surface area (Å²) in [4.78, 5) is 4.25. The second kappa shape index (κ2) is 7.38. The smallest absolute Gasteiger partial charge is 0.209 e. The third kappa shape index (κ3) is 3.77. The van der Waals surface area contributed by atoms with E-state index < -0.39 is 0 Å². The molecule has 1 atom stereocenters. The Morgan fingerprint density at radius 2 is 1.83 bits per heavy atom. The first kappa shape index (κ1) is 15.7. The number of fused-ring (bicyclic) bond motifs is 1. The molecule has 0 aliphatic carbocycles. The van der Waals surface area contributed by atoms with E-state index in [-0.39, 0.29) is 6.35 Å². The molecule has 1 unspecified atom stereocenters. The summed E-state index contributed by atoms with van der Waals surface area (Å²) in [7, 11) is 2.03. The van der Waals surface area contributed by atoms with Crippen LogP contribution in [0.4, 0.5) is 0 Å². The summed E-state index contributed by atoms with van der Waals surface area (Å²) < 4.78 is 11.8. The zero-order valence-corrected chi connectivity index (χ0v) is 13.8. The Bertz CT molecular complexity index is 671. The van der Waals surface area contributed by atoms with Gasteiger partial charge in [0.25, 0.3) is 0 Å². The van der Waals surface area contributed by atoms with Crippen molar-refractivity contribution in [2.24, 2.45) is 0 Å². The third-order valence-electron chi connectivity index (χ3n) is 4.04. The third-order valence-corrected chi connectivity index (χ3v) is 4.04. The lowest BCUT2D eigenvalue weighted by molar-refractivity contribution is -0.0956. The van der Waals surface area contributed by atoms with E-state index >= 15 is 0 Å². The monoisotopic (exact) mass is 312 g/mol. The van der Waals surface area contributed by atoms with Crippen molar-refractivity contribution in [3.05, 3.63) is 54.9 Å². The minimum absolute atomic E-state index is 0.0145. The van der Waals surface area contributed by atoms with Crippen LogP contribution in [-0.4, -0.2) is 43.0 Å². The largest absolute Gasteiger partial charge is 0.493 e. The van der Waals surface area contributed by atoms with E-state index in [2.05, 4.69) is 53.3 Å². The van der Waals surface area contributed by atoms with Crippen molar-refractivity contribution < 1.29 is 9.47 Å². The molecule has 0 radical (unpaired) electrons. The van der Waals surface area contributed by atoms with Crippen molar-refractivity contribution in [3.8, 4) is 5.75 Å². The minimum atomic E-state index is 0.0145. The Morgan fingerprint density at radius 3 is 2.65 bits per heavy atom. The highest BCUT2D eigenvalue weighted by atomic mass is 16.5. The Labute approximate surface area is 137 Å². The highest BCUT2D eigenvalue weighted by molar-refractivity contribution is 5.83. The van der Waals surface area contributed by atoms with Crippen LogP contribution in [0.2, 0.25) is 0 Å². The molecule has 0 N–H and O–H groups in total. The van der Waals surface area contributed by atoms with Crippen molar-refractivity contribution in [3.63, 3.8) is 0 Å². The summed E-state index contributed by atoms with van der Waals surface area (Å²) in [5, 5.41) is 2.44. The highest BCUT2D eigenvalue weighted by Crippen LogP contribution is 2.20. The zero-order chi connectivity index (χ0) is 16.1. The molecule has 1 heterocycles. The Hall–Kier alpha value is -2.20. The van der Waals surface area contributed by atoms with Crippen molar-refractivity contribution >= 4 is 10.8 Å². The molecule has 122 valence electrons. The summed E-state index contributed by atoms with van der Waals surface area (Å²) in [5.41, 5.74) is 0. The van der Waals surface area contributed by atoms with Crippen LogP contribution in [0.15, 0.2) is 54.9 Å². The first-order chi connectivity index (χ1) is 11.3. The van der Waals surface area contributed by atoms with Crippen LogP contribution in [0.1, 0.15) is 13.3 Å². The van der Waals surface area contributed by atoms with Gasteiger partial charge in [0.2, 0.25) is 6.35 Å². The number of nitrogens with zero attached hydrogens (tertiary/aromatic N) is 2. The molecule has 0 aromatic heterocycles. The normalized spacial score (nSPS) is 17.2. The Morgan fingerprint density at radius 1 is 1.00 bits per heavy atom. The SMILES string of the molecule is CCN1C=CN(C)C1OCCCOc1ccc2ccccc2c1. The maximum atomic E-state index is 5.94. The molecular formula is C19H24N2O2. The van der Waals surface area contributed by atoms with Gasteiger partial charge in [0.05, 0.1) is 13.2 Å². The quantitative estimate of drug-likeness (QED) is 0.729. The van der Waals surface area contributed by atoms with E-state index in [1.165, 1.54) is 10.8 Å². The molecule has 4 heteroatoms. The van der Waals surface area contributed by atoms with Crippen LogP contribution in [-0.2, 0) is 4.74 Å². The van der Waals surface area contributed by atoms with Crippen LogP contribution in [0.25, 0.3) is 10.8 Å². The molecule has 0 spiro atoms. The molecule has 3 rings (SSSR count). The van der Waals surface area contributed by atoms with Gasteiger partial charge in [-0.2, -0.15) is 0 Å². The highest BCUT2D eigenvalue weighted by Gasteiger charge is 2.22. The molecule has 0 saturated heterocycles. The van der Waals surface area contributed by atoms with Gasteiger partial charge < -0.3 is 19.3 Å². The van der Waals surface area contributed by atoms with Gasteiger partial charge in [-0.05, 0) is 29.8 Å². The average molecular weight is 312 g/mol. The van der Waals surface area contributed by atoms with Crippen molar-refractivity contribution in [1.82, 2.24) is 9.80 Å². The number of ether oxygens (including phenoxy) is 2. The molecule has 4 nitrogen and oxygen atoms in total. The van der Waals surface area contributed by atoms with Gasteiger partial charge in [0.1, 0.15) is 5.75 Å². The molecular weight excluding hydrogens is 288 g/mol. The number of hydrogen-bond donors (Lipinski definition) is 0. The summed E-state index contributed by atoms with van der Waals surface area (Å²) in [5.74, 6) is 0.915. The van der Waals surface area contributed by atoms with Crippen LogP contribution in [0, 0.1) is 0 Å². The topological polar surface area (TPSA) is 24.9 Å². The second-order valence-corrected chi connectivity index (χ2v) is 5.70. The van der Waals surface area contributed by atoms with Gasteiger partial charge in [-0.25, -0.2) is 0 Å². The van der Waals surface area contributed by atoms with Crippen molar-refractivity contribution in [1.29, 1.82) is 0 Å². The number of rotatable bonds is 7. The summed E-state index contributed by atoms with van der Waals surface area (Å²) in [6, 6.07) is 14.5. The van der Waals surface area contributed by atoms with Gasteiger partial charge >= 0.3 is 0 Å². The molecule has 2 aromatic carbocycles. The fraction of sp³-hybridized carbons (Fsp3) is 0.368. The van der Waals surface area contributed by atoms with Crippen LogP contribution >= 0.6 is 0 Å². The Kier molecular flexibility index (Phi) is 5.03. The van der Waals surface area contributed by atoms with Crippen LogP contribution < -0.4 is 4.74 Å². The molecule has 0 saturated carbocycles. The van der Waals surface area contributed by atoms with E-state index in [9.17, 15) is 0 Å². The van der Waals surface area contributed by atoms with Crippen LogP contribution in [0.5, 0.6) is 5.75 Å². The first-order valence-electron chi connectivity index (χ1n) is 8.17. The summed E-state index contributed by atoms with van der Waals surface area (Å²) in [6.45, 7) is 4.41. The van der Waals surface area contributed by atoms with Gasteiger partial charge in [-0.15, -0.1) is 0 Å². The molecule has 1 aliphatic heterocycles. The van der Waals surface area contributed by atoms with E-state index in [4.69, 9.17) is 9.47 Å². The number of hydrogen-bond acceptors (Lipinski definition) is 4. The summed E-state index contributed by atoms with van der Waals surface area (Å²) >= 11 is 0. The van der Waals surface area contributed by atoms with Gasteiger partial charge in [0, 0.05) is 32.4 Å². The van der Waals surface area contributed by atoms with Crippen LogP contribution in [0.3, 0.4) is 0 Å². The zero-order valence-electron chi connectivity index (χ0n) is 13.8. The maximum absolute atomic E-state index is 5.94. The fourth-order valence-electron chi connectivity index (χ4n) is 2.74. The lowest BCUT2D eigenvalue weighted by Gasteiger charge is -2.29. The second-order valence-electron chi connectivity index (χ2n) is 5.70. The molecule has 0 bridgehead atoms. The van der Waals surface area contributed by atoms with E-state index in [1.54, 1.807) is 0 Å². The average Bonchev–Trinajstić information content (AvgIpc) is 2.94. The lowest BCUT2D eigenvalue weighted by atomic mass is 10.1. The summed E-state index contributed by atoms with van der Waals surface area (Å²) in [6.07, 6.45) is 4.99. The predicted octanol–water partition coefficient (Wildman–Crippen LogP) is 3.65. The van der Waals surface area contributed by atoms with Crippen molar-refractivity contribution in [2.75, 3.05) is 26.8 Å². The maximum Gasteiger partial charge on any atom is 0.209 e. The lowest BCUT2D eigenvalue weighted by Crippen LogP contribution is -2.39. The van der Waals surface area contributed by atoms with Gasteiger partial charge in [0.15, 0.2) is 0 Å². The van der Waals surface area contributed by atoms with E-state index in [0.29, 0.717) is 13.2 Å². The molecule has 2 aromatic rings. The van der Waals surface area contributed by atoms with E-state index in [0.717, 1.165) is 18.7 Å². The molecule has 0 amide bonds. The van der Waals surface area contributed by atoms with Gasteiger partial charge in [-0.3, -0.25) is 0 Å². The molecule has 23 heavy (non-hydrogen) atoms. The Balaban J connectivity index is 1.42. The predicted molar refractivity (Wildman–Crippen MR) is 93.1 cm³/mol. The molecule has 0 fully saturated rings. The number of benzene rings is 2. The van der Waals surface area contributed by atoms with Gasteiger partial charge in [-0.1, -0.05) is 30.3 Å². The first-order valence-corrected chi connectivity index (χ1v) is 8.17. The fourth-order valence-corrected chi connectivity index (χ4v) is 2.74. The molecule has 1 aliphatic rings. The minimum Gasteiger partial charge on any atom is -0.493 e. The van der Waals surface area contributed by atoms with Crippen molar-refractivity contribution in [2.45, 2.75) is 19.7 Å². The van der Waals surface area contributed by atoms with E-state index in [1.807, 2.05) is 25.4 Å². The standard InChI is InChI=1S/C19H24N2O2/c1-3-21-12-11-20(2)19(21)23-14-6-13-22-18-10-9-16-7-4-5-8-17(16)15-18/h4-5,7-12,15,19H,3,6,13-14H2,1-2H3.